The number of carbonyl (C=O) groups is 2. The van der Waals surface area contributed by atoms with Gasteiger partial charge >= 0.3 is 5.97 Å². The van der Waals surface area contributed by atoms with Crippen molar-refractivity contribution >= 4 is 46.1 Å². The smallest absolute Gasteiger partial charge is 0.364 e. The predicted octanol–water partition coefficient (Wildman–Crippen LogP) is 0.347. The number of hydrogen-bond acceptors (Lipinski definition) is 5. The quantitative estimate of drug-likeness (QED) is 0.364. The molecule has 1 N–H and O–H groups in total. The van der Waals surface area contributed by atoms with Crippen molar-refractivity contribution in [2.45, 2.75) is 4.90 Å². The molecule has 1 unspecified atom stereocenters. The van der Waals surface area contributed by atoms with Crippen molar-refractivity contribution in [3.8, 4) is 0 Å². The molecule has 8 heteroatoms. The maximum absolute atomic E-state index is 11.3. The molecular formula is C8H5INO5S-. The first-order valence-corrected chi connectivity index (χ1v) is 6.00. The average molecular weight is 354 g/mol. The summed E-state index contributed by atoms with van der Waals surface area (Å²) in [5.74, 6) is -0.942. The number of benzene rings is 1. The molecule has 0 radical (unpaired) electrons. The number of halogens is 1. The molecule has 0 aliphatic carbocycles. The summed E-state index contributed by atoms with van der Waals surface area (Å²) >= 11 is -0.638. The topological polar surface area (TPSA) is 95.5 Å². The number of carbonyl (C=O) groups excluding carboxylic acids is 2. The van der Waals surface area contributed by atoms with Gasteiger partial charge in [0.1, 0.15) is 0 Å². The zero-order valence-corrected chi connectivity index (χ0v) is 10.6. The lowest BCUT2D eigenvalue weighted by Crippen LogP contribution is -2.19. The highest BCUT2D eigenvalue weighted by molar-refractivity contribution is 14.1. The fourth-order valence-electron chi connectivity index (χ4n) is 0.935. The molecule has 1 rings (SSSR count). The second-order valence-corrected chi connectivity index (χ2v) is 4.66. The van der Waals surface area contributed by atoms with Crippen molar-refractivity contribution < 1.29 is 23.2 Å². The molecule has 0 bridgehead atoms. The standard InChI is InChI=1S/C8H6INO5S/c9-5-1-2-6(7(3-5)16(13)14)8(12)15-10-4-11/h1-4H,(H,10,11)(H,13,14)/p-1. The molecule has 0 spiro atoms. The van der Waals surface area contributed by atoms with Crippen LogP contribution in [-0.2, 0) is 20.7 Å². The zero-order chi connectivity index (χ0) is 12.1. The summed E-state index contributed by atoms with van der Waals surface area (Å²) in [7, 11) is 0. The highest BCUT2D eigenvalue weighted by Crippen LogP contribution is 2.17. The van der Waals surface area contributed by atoms with E-state index in [9.17, 15) is 18.4 Å². The molecule has 6 nitrogen and oxygen atoms in total. The van der Waals surface area contributed by atoms with Gasteiger partial charge in [-0.1, -0.05) is 0 Å². The van der Waals surface area contributed by atoms with Gasteiger partial charge in [-0.3, -0.25) is 9.00 Å². The second-order valence-electron chi connectivity index (χ2n) is 2.50. The summed E-state index contributed by atoms with van der Waals surface area (Å²) in [6.45, 7) is 0. The van der Waals surface area contributed by atoms with E-state index in [-0.39, 0.29) is 16.9 Å². The van der Waals surface area contributed by atoms with Gasteiger partial charge in [-0.05, 0) is 51.9 Å². The van der Waals surface area contributed by atoms with E-state index in [1.54, 1.807) is 11.5 Å². The predicted molar refractivity (Wildman–Crippen MR) is 61.0 cm³/mol. The zero-order valence-electron chi connectivity index (χ0n) is 7.64. The molecule has 1 aromatic carbocycles. The molecule has 1 atom stereocenters. The summed E-state index contributed by atoms with van der Waals surface area (Å²) in [5.41, 5.74) is 1.56. The highest BCUT2D eigenvalue weighted by atomic mass is 127. The number of nitrogens with one attached hydrogen (secondary N) is 1. The van der Waals surface area contributed by atoms with E-state index in [0.717, 1.165) is 0 Å². The number of hydroxylamine groups is 1. The molecular weight excluding hydrogens is 349 g/mol. The van der Waals surface area contributed by atoms with Gasteiger partial charge < -0.3 is 9.39 Å². The Balaban J connectivity index is 3.07. The van der Waals surface area contributed by atoms with Gasteiger partial charge in [0, 0.05) is 8.47 Å². The van der Waals surface area contributed by atoms with Crippen molar-refractivity contribution in [2.75, 3.05) is 0 Å². The van der Waals surface area contributed by atoms with Crippen LogP contribution in [0.5, 0.6) is 0 Å². The Morgan fingerprint density at radius 3 is 2.81 bits per heavy atom. The SMILES string of the molecule is O=CNOC(=O)c1ccc(I)cc1S(=O)[O-]. The Hall–Kier alpha value is -1.000. The Morgan fingerprint density at radius 1 is 1.56 bits per heavy atom. The summed E-state index contributed by atoms with van der Waals surface area (Å²) < 4.78 is 22.4. The van der Waals surface area contributed by atoms with Crippen LogP contribution in [0, 0.1) is 3.57 Å². The third kappa shape index (κ3) is 3.25. The summed E-state index contributed by atoms with van der Waals surface area (Å²) in [6, 6.07) is 4.18. The first-order chi connectivity index (χ1) is 7.56. The van der Waals surface area contributed by atoms with E-state index >= 15 is 0 Å². The van der Waals surface area contributed by atoms with Crippen LogP contribution in [0.25, 0.3) is 0 Å². The van der Waals surface area contributed by atoms with Gasteiger partial charge in [-0.2, -0.15) is 5.48 Å². The molecule has 0 aliphatic heterocycles. The molecule has 0 fully saturated rings. The van der Waals surface area contributed by atoms with E-state index in [2.05, 4.69) is 4.84 Å². The average Bonchev–Trinajstić information content (AvgIpc) is 2.25. The van der Waals surface area contributed by atoms with E-state index in [1.807, 2.05) is 22.6 Å². The molecule has 0 aliphatic rings. The van der Waals surface area contributed by atoms with E-state index in [4.69, 9.17) is 0 Å². The number of amides is 1. The van der Waals surface area contributed by atoms with Gasteiger partial charge in [-0.15, -0.1) is 0 Å². The van der Waals surface area contributed by atoms with Crippen molar-refractivity contribution in [3.63, 3.8) is 0 Å². The minimum absolute atomic E-state index is 0.136. The minimum atomic E-state index is -2.55. The van der Waals surface area contributed by atoms with Crippen LogP contribution in [0.1, 0.15) is 10.4 Å². The normalized spacial score (nSPS) is 11.6. The Morgan fingerprint density at radius 2 is 2.25 bits per heavy atom. The lowest BCUT2D eigenvalue weighted by atomic mass is 10.2. The molecule has 16 heavy (non-hydrogen) atoms. The molecule has 1 aromatic rings. The highest BCUT2D eigenvalue weighted by Gasteiger charge is 2.14. The maximum atomic E-state index is 11.3. The van der Waals surface area contributed by atoms with E-state index < -0.39 is 17.0 Å². The van der Waals surface area contributed by atoms with Crippen LogP contribution in [-0.4, -0.2) is 21.1 Å². The van der Waals surface area contributed by atoms with Gasteiger partial charge in [-0.25, -0.2) is 4.79 Å². The first-order valence-electron chi connectivity index (χ1n) is 3.85. The summed E-state index contributed by atoms with van der Waals surface area (Å²) in [4.78, 5) is 25.3. The fourth-order valence-corrected chi connectivity index (χ4v) is 2.19. The van der Waals surface area contributed by atoms with Crippen LogP contribution < -0.4 is 5.48 Å². The van der Waals surface area contributed by atoms with Crippen molar-refractivity contribution in [1.29, 1.82) is 0 Å². The lowest BCUT2D eigenvalue weighted by Gasteiger charge is -2.10. The summed E-state index contributed by atoms with van der Waals surface area (Å²) in [5, 5.41) is 0. The Bertz CT molecular complexity index is 450. The molecule has 0 saturated carbocycles. The number of hydrogen-bond donors (Lipinski definition) is 1. The monoisotopic (exact) mass is 354 g/mol. The van der Waals surface area contributed by atoms with Crippen molar-refractivity contribution in [3.05, 3.63) is 27.3 Å². The largest absolute Gasteiger partial charge is 0.768 e. The van der Waals surface area contributed by atoms with E-state index in [1.165, 1.54) is 12.1 Å². The van der Waals surface area contributed by atoms with Gasteiger partial charge in [0.25, 0.3) is 0 Å². The summed E-state index contributed by atoms with van der Waals surface area (Å²) in [6.07, 6.45) is 0.165. The Labute approximate surface area is 107 Å². The molecule has 86 valence electrons. The fraction of sp³-hybridized carbons (Fsp3) is 0. The van der Waals surface area contributed by atoms with Crippen LogP contribution in [0.4, 0.5) is 0 Å². The molecule has 0 heterocycles. The first kappa shape index (κ1) is 13.1. The van der Waals surface area contributed by atoms with Crippen molar-refractivity contribution in [2.24, 2.45) is 0 Å². The van der Waals surface area contributed by atoms with Crippen LogP contribution in [0.3, 0.4) is 0 Å². The maximum Gasteiger partial charge on any atom is 0.364 e. The minimum Gasteiger partial charge on any atom is -0.768 e. The molecule has 0 aromatic heterocycles. The molecule has 1 amide bonds. The van der Waals surface area contributed by atoms with Gasteiger partial charge in [0.2, 0.25) is 6.41 Å². The third-order valence-electron chi connectivity index (χ3n) is 1.54. The van der Waals surface area contributed by atoms with Gasteiger partial charge in [0.05, 0.1) is 5.56 Å². The number of rotatable bonds is 4. The second kappa shape index (κ2) is 5.92. The third-order valence-corrected chi connectivity index (χ3v) is 2.91. The Kier molecular flexibility index (Phi) is 4.83. The van der Waals surface area contributed by atoms with Crippen LogP contribution in [0.15, 0.2) is 23.1 Å². The van der Waals surface area contributed by atoms with E-state index in [0.29, 0.717) is 3.57 Å². The van der Waals surface area contributed by atoms with Crippen LogP contribution in [0.2, 0.25) is 0 Å². The van der Waals surface area contributed by atoms with Crippen LogP contribution >= 0.6 is 22.6 Å². The van der Waals surface area contributed by atoms with Crippen molar-refractivity contribution in [1.82, 2.24) is 5.48 Å². The lowest BCUT2D eigenvalue weighted by molar-refractivity contribution is -0.117. The molecule has 0 saturated heterocycles. The van der Waals surface area contributed by atoms with Gasteiger partial charge in [0.15, 0.2) is 0 Å².